The fourth-order valence-corrected chi connectivity index (χ4v) is 5.50. The van der Waals surface area contributed by atoms with Crippen LogP contribution in [-0.2, 0) is 23.6 Å². The molecule has 160 valence electrons. The van der Waals surface area contributed by atoms with Gasteiger partial charge in [-0.15, -0.1) is 0 Å². The molecule has 0 aliphatic heterocycles. The molecule has 2 N–H and O–H groups in total. The first-order valence-electron chi connectivity index (χ1n) is 9.11. The Hall–Kier alpha value is -1.90. The molecule has 0 fully saturated rings. The Morgan fingerprint density at radius 2 is 1.66 bits per heavy atom. The van der Waals surface area contributed by atoms with Gasteiger partial charge in [0.1, 0.15) is 5.75 Å². The van der Waals surface area contributed by atoms with Gasteiger partial charge in [0.05, 0.1) is 18.1 Å². The average molecular weight is 442 g/mol. The van der Waals surface area contributed by atoms with Crippen LogP contribution in [0.5, 0.6) is 5.75 Å². The first-order valence-corrected chi connectivity index (χ1v) is 12.2. The van der Waals surface area contributed by atoms with E-state index in [1.54, 1.807) is 38.1 Å². The Morgan fingerprint density at radius 1 is 1.07 bits per heavy atom. The van der Waals surface area contributed by atoms with E-state index in [0.717, 1.165) is 4.31 Å². The number of rotatable bonds is 10. The summed E-state index contributed by atoms with van der Waals surface area (Å²) in [4.78, 5) is 0.139. The number of nitrogens with one attached hydrogen (secondary N) is 1. The van der Waals surface area contributed by atoms with E-state index in [1.165, 1.54) is 38.4 Å². The second kappa shape index (κ2) is 9.73. The summed E-state index contributed by atoms with van der Waals surface area (Å²) in [6.45, 7) is 3.78. The van der Waals surface area contributed by atoms with Crippen molar-refractivity contribution >= 4 is 23.3 Å². The van der Waals surface area contributed by atoms with Gasteiger partial charge in [-0.2, -0.15) is 0 Å². The van der Waals surface area contributed by atoms with Gasteiger partial charge in [0.15, 0.2) is 5.78 Å². The van der Waals surface area contributed by atoms with Crippen LogP contribution in [0.1, 0.15) is 25.2 Å². The summed E-state index contributed by atoms with van der Waals surface area (Å²) < 4.78 is 50.1. The van der Waals surface area contributed by atoms with Crippen LogP contribution in [0.25, 0.3) is 0 Å². The molecule has 0 bridgehead atoms. The number of sulfonamides is 1. The van der Waals surface area contributed by atoms with Crippen LogP contribution in [-0.4, -0.2) is 45.1 Å². The summed E-state index contributed by atoms with van der Waals surface area (Å²) in [7, 11) is -4.29. The minimum absolute atomic E-state index is 0.0151. The molecule has 0 saturated carbocycles. The van der Waals surface area contributed by atoms with Gasteiger partial charge in [-0.1, -0.05) is 12.1 Å². The summed E-state index contributed by atoms with van der Waals surface area (Å²) in [6, 6.07) is 12.4. The molecular formula is C19H27N2O6PS. The normalized spacial score (nSPS) is 13.4. The molecule has 0 radical (unpaired) electrons. The quantitative estimate of drug-likeness (QED) is 0.536. The Balaban J connectivity index is 2.44. The lowest BCUT2D eigenvalue weighted by atomic mass is 10.2. The monoisotopic (exact) mass is 442 g/mol. The van der Waals surface area contributed by atoms with Crippen molar-refractivity contribution in [2.45, 2.75) is 24.5 Å². The van der Waals surface area contributed by atoms with Gasteiger partial charge in [-0.25, -0.2) is 12.7 Å². The predicted molar refractivity (Wildman–Crippen MR) is 113 cm³/mol. The summed E-state index contributed by atoms with van der Waals surface area (Å²) in [5, 5.41) is 13.0. The highest BCUT2D eigenvalue weighted by molar-refractivity contribution is 7.89. The van der Waals surface area contributed by atoms with Crippen LogP contribution in [0, 0.1) is 0 Å². The van der Waals surface area contributed by atoms with Gasteiger partial charge in [-0.05, 0) is 55.8 Å². The highest BCUT2D eigenvalue weighted by Crippen LogP contribution is 2.61. The number of hydrogen-bond acceptors (Lipinski definition) is 7. The molecule has 0 amide bonds. The molecule has 0 spiro atoms. The van der Waals surface area contributed by atoms with E-state index in [2.05, 4.69) is 5.32 Å². The highest BCUT2D eigenvalue weighted by atomic mass is 32.2. The van der Waals surface area contributed by atoms with Crippen molar-refractivity contribution in [3.63, 3.8) is 0 Å². The van der Waals surface area contributed by atoms with Gasteiger partial charge < -0.3 is 19.5 Å². The topological polar surface area (TPSA) is 105 Å². The molecule has 0 saturated heterocycles. The Labute approximate surface area is 172 Å². The Morgan fingerprint density at radius 3 is 2.14 bits per heavy atom. The van der Waals surface area contributed by atoms with Crippen LogP contribution in [0.15, 0.2) is 53.4 Å². The van der Waals surface area contributed by atoms with Crippen LogP contribution < -0.4 is 5.32 Å². The third-order valence-corrected chi connectivity index (χ3v) is 8.18. The third kappa shape index (κ3) is 5.58. The molecule has 8 nitrogen and oxygen atoms in total. The van der Waals surface area contributed by atoms with Gasteiger partial charge in [-0.3, -0.25) is 4.57 Å². The summed E-state index contributed by atoms with van der Waals surface area (Å²) in [6.07, 6.45) is 0. The van der Waals surface area contributed by atoms with Crippen molar-refractivity contribution in [1.29, 1.82) is 0 Å². The minimum atomic E-state index is -3.65. The van der Waals surface area contributed by atoms with Crippen molar-refractivity contribution in [3.05, 3.63) is 54.1 Å². The zero-order chi connectivity index (χ0) is 21.7. The van der Waals surface area contributed by atoms with Gasteiger partial charge >= 0.3 is 7.60 Å². The van der Waals surface area contributed by atoms with Crippen molar-refractivity contribution in [2.75, 3.05) is 32.6 Å². The van der Waals surface area contributed by atoms with Gasteiger partial charge in [0.25, 0.3) is 0 Å². The molecule has 10 heteroatoms. The molecule has 0 aromatic heterocycles. The van der Waals surface area contributed by atoms with Crippen LogP contribution in [0.3, 0.4) is 0 Å². The molecular weight excluding hydrogens is 415 g/mol. The molecule has 0 aliphatic rings. The third-order valence-electron chi connectivity index (χ3n) is 4.06. The SMILES string of the molecule is CCOP(=O)(OCC)C(Nc1ccc(S(=O)(=O)N(C)C)cc1)c1cccc(O)c1. The number of phenols is 1. The maximum atomic E-state index is 13.5. The molecule has 2 aromatic rings. The number of aromatic hydroxyl groups is 1. The molecule has 2 aromatic carbocycles. The lowest BCUT2D eigenvalue weighted by molar-refractivity contribution is 0.214. The lowest BCUT2D eigenvalue weighted by Gasteiger charge is -2.28. The molecule has 29 heavy (non-hydrogen) atoms. The van der Waals surface area contributed by atoms with Crippen molar-refractivity contribution in [3.8, 4) is 5.75 Å². The standard InChI is InChI=1S/C19H27N2O6PS/c1-5-26-28(23,27-6-2)19(15-8-7-9-17(22)14-15)20-16-10-12-18(13-11-16)29(24,25)21(3)4/h7-14,19-20,22H,5-6H2,1-4H3. The maximum Gasteiger partial charge on any atom is 0.357 e. The number of anilines is 1. The molecule has 1 atom stereocenters. The van der Waals surface area contributed by atoms with E-state index in [4.69, 9.17) is 9.05 Å². The van der Waals surface area contributed by atoms with Crippen molar-refractivity contribution in [1.82, 2.24) is 4.31 Å². The van der Waals surface area contributed by atoms with E-state index in [9.17, 15) is 18.1 Å². The molecule has 0 aliphatic carbocycles. The predicted octanol–water partition coefficient (Wildman–Crippen LogP) is 4.02. The molecule has 2 rings (SSSR count). The summed E-state index contributed by atoms with van der Waals surface area (Å²) in [5.41, 5.74) is 1.04. The first-order chi connectivity index (χ1) is 13.6. The lowest BCUT2D eigenvalue weighted by Crippen LogP contribution is -2.22. The molecule has 0 heterocycles. The Kier molecular flexibility index (Phi) is 7.85. The minimum Gasteiger partial charge on any atom is -0.508 e. The second-order valence-electron chi connectivity index (χ2n) is 6.33. The van der Waals surface area contributed by atoms with E-state index in [0.29, 0.717) is 11.3 Å². The average Bonchev–Trinajstić information content (AvgIpc) is 2.66. The van der Waals surface area contributed by atoms with Crippen molar-refractivity contribution in [2.24, 2.45) is 0 Å². The van der Waals surface area contributed by atoms with E-state index in [-0.39, 0.29) is 23.9 Å². The fraction of sp³-hybridized carbons (Fsp3) is 0.368. The number of hydrogen-bond donors (Lipinski definition) is 2. The van der Waals surface area contributed by atoms with E-state index >= 15 is 0 Å². The van der Waals surface area contributed by atoms with Crippen LogP contribution in [0.2, 0.25) is 0 Å². The molecule has 1 unspecified atom stereocenters. The largest absolute Gasteiger partial charge is 0.508 e. The second-order valence-corrected chi connectivity index (χ2v) is 10.6. The van der Waals surface area contributed by atoms with Gasteiger partial charge in [0, 0.05) is 19.8 Å². The maximum absolute atomic E-state index is 13.5. The number of phenolic OH excluding ortho intramolecular Hbond substituents is 1. The van der Waals surface area contributed by atoms with Crippen molar-refractivity contribution < 1.29 is 27.1 Å². The van der Waals surface area contributed by atoms with Gasteiger partial charge in [0.2, 0.25) is 10.0 Å². The highest BCUT2D eigenvalue weighted by Gasteiger charge is 2.37. The fourth-order valence-electron chi connectivity index (χ4n) is 2.68. The summed E-state index contributed by atoms with van der Waals surface area (Å²) in [5.74, 6) is -0.882. The zero-order valence-electron chi connectivity index (χ0n) is 16.9. The zero-order valence-corrected chi connectivity index (χ0v) is 18.6. The number of nitrogens with zero attached hydrogens (tertiary/aromatic N) is 1. The van der Waals surface area contributed by atoms with Crippen LogP contribution >= 0.6 is 7.60 Å². The Bertz CT molecular complexity index is 953. The summed E-state index contributed by atoms with van der Waals surface area (Å²) >= 11 is 0. The van der Waals surface area contributed by atoms with E-state index < -0.39 is 23.4 Å². The van der Waals surface area contributed by atoms with Crippen LogP contribution in [0.4, 0.5) is 5.69 Å². The van der Waals surface area contributed by atoms with E-state index in [1.807, 2.05) is 0 Å². The first kappa shape index (κ1) is 23.4. The number of benzene rings is 2. The smallest absolute Gasteiger partial charge is 0.357 e.